The van der Waals surface area contributed by atoms with Crippen molar-refractivity contribution in [3.63, 3.8) is 0 Å². The highest BCUT2D eigenvalue weighted by atomic mass is 16.2. The Bertz CT molecular complexity index is 429. The van der Waals surface area contributed by atoms with Crippen LogP contribution >= 0.6 is 0 Å². The molecule has 1 heterocycles. The summed E-state index contributed by atoms with van der Waals surface area (Å²) in [5.74, 6) is 0. The van der Waals surface area contributed by atoms with Crippen molar-refractivity contribution in [2.75, 3.05) is 11.9 Å². The van der Waals surface area contributed by atoms with Gasteiger partial charge in [-0.2, -0.15) is 0 Å². The van der Waals surface area contributed by atoms with Crippen LogP contribution in [0, 0.1) is 0 Å². The van der Waals surface area contributed by atoms with Crippen molar-refractivity contribution in [2.24, 2.45) is 0 Å². The van der Waals surface area contributed by atoms with E-state index >= 15 is 0 Å². The smallest absolute Gasteiger partial charge is 0.315 e. The number of aryl methyl sites for hydroxylation is 1. The van der Waals surface area contributed by atoms with Gasteiger partial charge in [-0.15, -0.1) is 0 Å². The summed E-state index contributed by atoms with van der Waals surface area (Å²) in [5, 5.41) is 9.14. The molecular weight excluding hydrogens is 226 g/mol. The molecule has 1 aromatic carbocycles. The molecule has 0 spiro atoms. The molecule has 98 valence electrons. The number of nitrogens with one attached hydrogen (secondary N) is 3. The zero-order valence-electron chi connectivity index (χ0n) is 11.0. The molecule has 0 saturated carbocycles. The minimum Gasteiger partial charge on any atom is -0.385 e. The molecule has 0 radical (unpaired) electrons. The van der Waals surface area contributed by atoms with Crippen LogP contribution in [0.5, 0.6) is 0 Å². The van der Waals surface area contributed by atoms with Crippen molar-refractivity contribution in [1.29, 1.82) is 0 Å². The third kappa shape index (κ3) is 3.15. The molecule has 4 heteroatoms. The number of carbonyl (C=O) groups is 1. The predicted molar refractivity (Wildman–Crippen MR) is 73.8 cm³/mol. The van der Waals surface area contributed by atoms with Crippen LogP contribution in [-0.4, -0.2) is 18.6 Å². The van der Waals surface area contributed by atoms with Gasteiger partial charge >= 0.3 is 6.03 Å². The largest absolute Gasteiger partial charge is 0.385 e. The van der Waals surface area contributed by atoms with E-state index in [2.05, 4.69) is 34.1 Å². The Balaban J connectivity index is 1.99. The number of urea groups is 1. The van der Waals surface area contributed by atoms with Gasteiger partial charge in [0.25, 0.3) is 0 Å². The molecule has 0 fully saturated rings. The maximum atomic E-state index is 11.6. The molecule has 1 aromatic rings. The van der Waals surface area contributed by atoms with Crippen molar-refractivity contribution in [3.8, 4) is 0 Å². The first kappa shape index (κ1) is 12.7. The number of carbonyl (C=O) groups excluding carboxylic acids is 1. The van der Waals surface area contributed by atoms with E-state index in [1.807, 2.05) is 13.8 Å². The number of hydrogen-bond acceptors (Lipinski definition) is 2. The third-order valence-electron chi connectivity index (χ3n) is 3.02. The van der Waals surface area contributed by atoms with Crippen molar-refractivity contribution >= 4 is 11.7 Å². The highest BCUT2D eigenvalue weighted by Gasteiger charge is 2.12. The van der Waals surface area contributed by atoms with Gasteiger partial charge in [0.1, 0.15) is 0 Å². The van der Waals surface area contributed by atoms with Crippen molar-refractivity contribution in [1.82, 2.24) is 10.6 Å². The van der Waals surface area contributed by atoms with Crippen molar-refractivity contribution in [3.05, 3.63) is 29.3 Å². The Hall–Kier alpha value is -1.71. The summed E-state index contributed by atoms with van der Waals surface area (Å²) in [4.78, 5) is 11.6. The second-order valence-corrected chi connectivity index (χ2v) is 4.96. The van der Waals surface area contributed by atoms with Crippen LogP contribution in [-0.2, 0) is 13.0 Å². The molecule has 18 heavy (non-hydrogen) atoms. The molecule has 0 atom stereocenters. The standard InChI is InChI=1S/C14H21N3O/c1-10(2)17-14(18)16-9-12-6-3-5-11-7-4-8-15-13(11)12/h3,5-6,10,15H,4,7-9H2,1-2H3,(H2,16,17,18). The highest BCUT2D eigenvalue weighted by molar-refractivity contribution is 5.74. The molecule has 0 saturated heterocycles. The monoisotopic (exact) mass is 247 g/mol. The topological polar surface area (TPSA) is 53.2 Å². The number of benzene rings is 1. The van der Waals surface area contributed by atoms with Crippen molar-refractivity contribution in [2.45, 2.75) is 39.3 Å². The SMILES string of the molecule is CC(C)NC(=O)NCc1cccc2c1NCCC2. The molecule has 1 aliphatic heterocycles. The van der Waals surface area contributed by atoms with Crippen LogP contribution in [0.2, 0.25) is 0 Å². The molecule has 4 nitrogen and oxygen atoms in total. The van der Waals surface area contributed by atoms with E-state index in [0.717, 1.165) is 18.5 Å². The van der Waals surface area contributed by atoms with Gasteiger partial charge in [0, 0.05) is 24.8 Å². The molecule has 0 unspecified atom stereocenters. The van der Waals surface area contributed by atoms with E-state index in [0.29, 0.717) is 6.54 Å². The van der Waals surface area contributed by atoms with Crippen LogP contribution in [0.4, 0.5) is 10.5 Å². The van der Waals surface area contributed by atoms with Crippen LogP contribution in [0.15, 0.2) is 18.2 Å². The zero-order valence-corrected chi connectivity index (χ0v) is 11.0. The van der Waals surface area contributed by atoms with Gasteiger partial charge in [-0.25, -0.2) is 4.79 Å². The first-order valence-corrected chi connectivity index (χ1v) is 6.56. The fraction of sp³-hybridized carbons (Fsp3) is 0.500. The number of anilines is 1. The summed E-state index contributed by atoms with van der Waals surface area (Å²) in [6.07, 6.45) is 2.30. The van der Waals surface area contributed by atoms with Gasteiger partial charge in [-0.3, -0.25) is 0 Å². The fourth-order valence-electron chi connectivity index (χ4n) is 2.22. The Labute approximate surface area is 108 Å². The van der Waals surface area contributed by atoms with Gasteiger partial charge < -0.3 is 16.0 Å². The first-order valence-electron chi connectivity index (χ1n) is 6.56. The summed E-state index contributed by atoms with van der Waals surface area (Å²) < 4.78 is 0. The van der Waals surface area contributed by atoms with Gasteiger partial charge in [0.15, 0.2) is 0 Å². The van der Waals surface area contributed by atoms with Crippen LogP contribution in [0.25, 0.3) is 0 Å². The van der Waals surface area contributed by atoms with Crippen LogP contribution in [0.3, 0.4) is 0 Å². The Kier molecular flexibility index (Phi) is 4.07. The second-order valence-electron chi connectivity index (χ2n) is 4.96. The van der Waals surface area contributed by atoms with E-state index in [-0.39, 0.29) is 12.1 Å². The molecule has 2 amide bonds. The van der Waals surface area contributed by atoms with E-state index in [1.165, 1.54) is 17.7 Å². The average Bonchev–Trinajstić information content (AvgIpc) is 2.35. The predicted octanol–water partition coefficient (Wildman–Crippen LogP) is 2.25. The quantitative estimate of drug-likeness (QED) is 0.767. The molecule has 3 N–H and O–H groups in total. The summed E-state index contributed by atoms with van der Waals surface area (Å²) in [6.45, 7) is 5.48. The summed E-state index contributed by atoms with van der Waals surface area (Å²) in [6, 6.07) is 6.32. The van der Waals surface area contributed by atoms with Crippen molar-refractivity contribution < 1.29 is 4.79 Å². The van der Waals surface area contributed by atoms with Gasteiger partial charge in [0.2, 0.25) is 0 Å². The second kappa shape index (κ2) is 5.76. The zero-order chi connectivity index (χ0) is 13.0. The lowest BCUT2D eigenvalue weighted by Crippen LogP contribution is -2.39. The maximum absolute atomic E-state index is 11.6. The number of para-hydroxylation sites is 1. The molecule has 0 aliphatic carbocycles. The number of fused-ring (bicyclic) bond motifs is 1. The lowest BCUT2D eigenvalue weighted by molar-refractivity contribution is 0.238. The van der Waals surface area contributed by atoms with Gasteiger partial charge in [-0.05, 0) is 37.8 Å². The first-order chi connectivity index (χ1) is 8.66. The van der Waals surface area contributed by atoms with Gasteiger partial charge in [-0.1, -0.05) is 18.2 Å². The van der Waals surface area contributed by atoms with E-state index < -0.39 is 0 Å². The molecule has 0 bridgehead atoms. The molecular formula is C14H21N3O. The summed E-state index contributed by atoms with van der Waals surface area (Å²) >= 11 is 0. The van der Waals surface area contributed by atoms with E-state index in [1.54, 1.807) is 0 Å². The number of rotatable bonds is 3. The van der Waals surface area contributed by atoms with Crippen LogP contribution in [0.1, 0.15) is 31.4 Å². The summed E-state index contributed by atoms with van der Waals surface area (Å²) in [5.41, 5.74) is 3.71. The molecule has 2 rings (SSSR count). The van der Waals surface area contributed by atoms with Crippen LogP contribution < -0.4 is 16.0 Å². The molecule has 0 aromatic heterocycles. The van der Waals surface area contributed by atoms with E-state index in [9.17, 15) is 4.79 Å². The number of hydrogen-bond donors (Lipinski definition) is 3. The Morgan fingerprint density at radius 2 is 2.28 bits per heavy atom. The highest BCUT2D eigenvalue weighted by Crippen LogP contribution is 2.25. The lowest BCUT2D eigenvalue weighted by atomic mass is 9.99. The Morgan fingerprint density at radius 1 is 1.44 bits per heavy atom. The minimum atomic E-state index is -0.113. The lowest BCUT2D eigenvalue weighted by Gasteiger charge is -2.21. The summed E-state index contributed by atoms with van der Waals surface area (Å²) in [7, 11) is 0. The maximum Gasteiger partial charge on any atom is 0.315 e. The van der Waals surface area contributed by atoms with Gasteiger partial charge in [0.05, 0.1) is 0 Å². The fourth-order valence-corrected chi connectivity index (χ4v) is 2.22. The average molecular weight is 247 g/mol. The molecule has 1 aliphatic rings. The third-order valence-corrected chi connectivity index (χ3v) is 3.02. The number of amides is 2. The van der Waals surface area contributed by atoms with E-state index in [4.69, 9.17) is 0 Å². The minimum absolute atomic E-state index is 0.113. The normalized spacial score (nSPS) is 13.7. The Morgan fingerprint density at radius 3 is 3.06 bits per heavy atom.